The van der Waals surface area contributed by atoms with Crippen molar-refractivity contribution >= 4 is 65.2 Å². The van der Waals surface area contributed by atoms with E-state index in [0.29, 0.717) is 29.1 Å². The minimum absolute atomic E-state index is 0. The Morgan fingerprint density at radius 2 is 0.529 bits per heavy atom. The van der Waals surface area contributed by atoms with E-state index in [9.17, 15) is 0 Å². The molecule has 577 valence electrons. The van der Waals surface area contributed by atoms with Gasteiger partial charge >= 0.3 is 7.12 Å². The molecule has 0 atom stereocenters. The summed E-state index contributed by atoms with van der Waals surface area (Å²) in [5, 5.41) is 15.5. The molecule has 1 aliphatic heterocycles. The maximum atomic E-state index is 6.43. The van der Waals surface area contributed by atoms with Gasteiger partial charge in [-0.1, -0.05) is 382 Å². The second kappa shape index (κ2) is 33.7. The summed E-state index contributed by atoms with van der Waals surface area (Å²) in [5.74, 6) is 2.98. The van der Waals surface area contributed by atoms with E-state index in [1.165, 1.54) is 16.5 Å². The predicted octanol–water partition coefficient (Wildman–Crippen LogP) is 25.3. The average Bonchev–Trinajstić information content (AvgIpc) is 1.58. The van der Waals surface area contributed by atoms with E-state index in [1.807, 2.05) is 121 Å². The maximum Gasteiger partial charge on any atom is 0.494 e. The van der Waals surface area contributed by atoms with E-state index in [4.69, 9.17) is 46.1 Å². The normalized spacial score (nSPS) is 12.7. The van der Waals surface area contributed by atoms with Crippen molar-refractivity contribution in [2.24, 2.45) is 0 Å². The molecule has 20 aromatic rings. The number of fused-ring (bicyclic) bond motifs is 6. The minimum atomic E-state index is -0.441. The van der Waals surface area contributed by atoms with E-state index >= 15 is 0 Å². The van der Waals surface area contributed by atoms with E-state index in [0.717, 1.165) is 139 Å². The zero-order chi connectivity index (χ0) is 81.1. The second-order valence-electron chi connectivity index (χ2n) is 30.6. The van der Waals surface area contributed by atoms with Crippen LogP contribution in [0.1, 0.15) is 27.7 Å². The minimum Gasteiger partial charge on any atom is -0.399 e. The van der Waals surface area contributed by atoms with Crippen molar-refractivity contribution in [3.05, 3.63) is 406 Å². The zero-order valence-electron chi connectivity index (χ0n) is 66.9. The van der Waals surface area contributed by atoms with Gasteiger partial charge in [0, 0.05) is 80.4 Å². The Balaban J connectivity index is 0.000000133. The van der Waals surface area contributed by atoms with Crippen molar-refractivity contribution in [2.75, 3.05) is 0 Å². The third-order valence-electron chi connectivity index (χ3n) is 22.4. The topological polar surface area (TPSA) is 130 Å². The van der Waals surface area contributed by atoms with Crippen LogP contribution in [0.15, 0.2) is 400 Å². The maximum absolute atomic E-state index is 6.43. The summed E-state index contributed by atoms with van der Waals surface area (Å²) >= 11 is 6.11. The Morgan fingerprint density at radius 1 is 0.256 bits per heavy atom. The SMILES string of the molecule is CC1(C)OB(c2cccc(-c3c(-c4ccccc4)nn4c(-c5ccccc5)cc5ccccc5c34)c2)OC1(C)C.Clc1nc(-c2ccccc2)nc(-c2ccc(-c3ccccc3)cc2)n1.[B].c1ccc(-c2ccc(-c3nc(-c4ccccc4)nc(-c4cccc(-c5c(-c6ccccc6)nn6c(-c7ccccc7)cc7ccccc7c56)c4)n3)cc2)cc1. The number of aromatic nitrogens is 10. The molecule has 7 heterocycles. The molecule has 3 radical (unpaired) electrons. The average molecular weight is 1580 g/mol. The van der Waals surface area contributed by atoms with Crippen LogP contribution < -0.4 is 5.46 Å². The van der Waals surface area contributed by atoms with Gasteiger partial charge in [0.1, 0.15) is 11.4 Å². The van der Waals surface area contributed by atoms with Crippen LogP contribution in [0.5, 0.6) is 0 Å². The zero-order valence-corrected chi connectivity index (χ0v) is 67.7. The summed E-state index contributed by atoms with van der Waals surface area (Å²) < 4.78 is 17.1. The molecular weight excluding hydrogens is 1500 g/mol. The van der Waals surface area contributed by atoms with E-state index in [2.05, 4.69) is 331 Å². The summed E-state index contributed by atoms with van der Waals surface area (Å²) in [6.45, 7) is 8.36. The van der Waals surface area contributed by atoms with Crippen molar-refractivity contribution < 1.29 is 9.31 Å². The molecule has 1 fully saturated rings. The summed E-state index contributed by atoms with van der Waals surface area (Å²) in [6.07, 6.45) is 0. The molecule has 14 aromatic carbocycles. The van der Waals surface area contributed by atoms with Gasteiger partial charge in [0.2, 0.25) is 5.28 Å². The van der Waals surface area contributed by atoms with Crippen molar-refractivity contribution in [1.82, 2.24) is 49.1 Å². The van der Waals surface area contributed by atoms with Gasteiger partial charge in [-0.05, 0) is 107 Å². The summed E-state index contributed by atoms with van der Waals surface area (Å²) in [5.41, 5.74) is 24.0. The summed E-state index contributed by atoms with van der Waals surface area (Å²) in [6, 6.07) is 138. The molecular formula is C106H78B2ClN10O2. The van der Waals surface area contributed by atoms with Crippen LogP contribution in [0.4, 0.5) is 0 Å². The van der Waals surface area contributed by atoms with Crippen LogP contribution in [0.25, 0.3) is 179 Å². The number of hydrogen-bond acceptors (Lipinski definition) is 10. The quantitative estimate of drug-likeness (QED) is 0.0970. The van der Waals surface area contributed by atoms with Gasteiger partial charge < -0.3 is 9.31 Å². The number of benzene rings is 14. The lowest BCUT2D eigenvalue weighted by atomic mass is 9.77. The molecule has 6 aromatic heterocycles. The fourth-order valence-electron chi connectivity index (χ4n) is 15.6. The molecule has 0 spiro atoms. The first-order valence-electron chi connectivity index (χ1n) is 40.2. The van der Waals surface area contributed by atoms with E-state index < -0.39 is 18.3 Å². The third-order valence-corrected chi connectivity index (χ3v) is 22.6. The van der Waals surface area contributed by atoms with Gasteiger partial charge in [0.05, 0.1) is 33.6 Å². The molecule has 121 heavy (non-hydrogen) atoms. The third kappa shape index (κ3) is 15.9. The van der Waals surface area contributed by atoms with E-state index in [-0.39, 0.29) is 13.7 Å². The molecule has 12 nitrogen and oxygen atoms in total. The first-order valence-corrected chi connectivity index (χ1v) is 40.5. The molecule has 0 aliphatic carbocycles. The predicted molar refractivity (Wildman–Crippen MR) is 496 cm³/mol. The van der Waals surface area contributed by atoms with Crippen molar-refractivity contribution in [3.63, 3.8) is 0 Å². The number of halogens is 1. The Labute approximate surface area is 710 Å². The molecule has 15 heteroatoms. The number of pyridine rings is 2. The van der Waals surface area contributed by atoms with Crippen molar-refractivity contribution in [2.45, 2.75) is 38.9 Å². The van der Waals surface area contributed by atoms with Crippen LogP contribution in [-0.2, 0) is 9.31 Å². The van der Waals surface area contributed by atoms with Crippen LogP contribution >= 0.6 is 11.6 Å². The van der Waals surface area contributed by atoms with Gasteiger partial charge in [0.15, 0.2) is 29.1 Å². The fourth-order valence-corrected chi connectivity index (χ4v) is 15.8. The lowest BCUT2D eigenvalue weighted by Gasteiger charge is -2.32. The first-order chi connectivity index (χ1) is 58.9. The molecule has 1 aliphatic rings. The van der Waals surface area contributed by atoms with Gasteiger partial charge in [-0.3, -0.25) is 0 Å². The highest BCUT2D eigenvalue weighted by molar-refractivity contribution is 6.62. The Morgan fingerprint density at radius 3 is 0.917 bits per heavy atom. The van der Waals surface area contributed by atoms with Gasteiger partial charge in [-0.25, -0.2) is 29.0 Å². The van der Waals surface area contributed by atoms with Gasteiger partial charge in [-0.2, -0.15) is 20.2 Å². The Hall–Kier alpha value is -14.7. The highest BCUT2D eigenvalue weighted by Gasteiger charge is 2.52. The van der Waals surface area contributed by atoms with Crippen LogP contribution in [0.3, 0.4) is 0 Å². The highest BCUT2D eigenvalue weighted by Crippen LogP contribution is 2.45. The number of nitrogens with zero attached hydrogens (tertiary/aromatic N) is 10. The van der Waals surface area contributed by atoms with Crippen molar-refractivity contribution in [1.29, 1.82) is 0 Å². The smallest absolute Gasteiger partial charge is 0.399 e. The fraction of sp³-hybridized carbons (Fsp3) is 0.0566. The Kier molecular flexibility index (Phi) is 21.6. The largest absolute Gasteiger partial charge is 0.494 e. The van der Waals surface area contributed by atoms with Crippen molar-refractivity contribution in [3.8, 4) is 146 Å². The van der Waals surface area contributed by atoms with Gasteiger partial charge in [0.25, 0.3) is 0 Å². The van der Waals surface area contributed by atoms with Gasteiger partial charge in [-0.15, -0.1) is 0 Å². The highest BCUT2D eigenvalue weighted by atomic mass is 35.5. The molecule has 21 rings (SSSR count). The molecule has 0 N–H and O–H groups in total. The monoisotopic (exact) mass is 1580 g/mol. The molecule has 0 saturated carbocycles. The first kappa shape index (κ1) is 77.6. The van der Waals surface area contributed by atoms with Crippen LogP contribution in [0, 0.1) is 0 Å². The Bertz CT molecular complexity index is 7060. The number of hydrogen-bond donors (Lipinski definition) is 0. The summed E-state index contributed by atoms with van der Waals surface area (Å²) in [4.78, 5) is 28.3. The molecule has 0 bridgehead atoms. The lowest BCUT2D eigenvalue weighted by Crippen LogP contribution is -2.41. The molecule has 0 amide bonds. The lowest BCUT2D eigenvalue weighted by molar-refractivity contribution is 0.00578. The molecule has 1 saturated heterocycles. The summed E-state index contributed by atoms with van der Waals surface area (Å²) in [7, 11) is -0.441. The van der Waals surface area contributed by atoms with E-state index in [1.54, 1.807) is 0 Å². The van der Waals surface area contributed by atoms with Crippen LogP contribution in [0.2, 0.25) is 5.28 Å². The molecule has 0 unspecified atom stereocenters. The standard InChI is InChI=1S/C50H33N5.C35H31BN2O2.C21H14ClN3.B/c1-5-16-34(17-6-1)35-28-30-39(31-29-35)49-51-48(38-22-11-4-12-23-38)52-50(53-49)42-26-15-25-41(32-42)45-46(37-20-9-3-10-21-37)54-55-44(36-18-7-2-8-19-36)33-40-24-13-14-27-43(40)47(45)55;1-34(2)35(3,4)40-36(39-34)28-20-13-19-27(22-28)31-32(25-16-9-6-10-17-25)37-38-30(24-14-7-5-8-15-24)23-26-18-11-12-21-29(26)33(31)38;22-21-24-19(17-9-5-2-6-10-17)23-20(25-21)18-13-11-16(12-14-18)15-7-3-1-4-8-15;/h1-33H;5-23H,1-4H3;1-14H;. The second-order valence-corrected chi connectivity index (χ2v) is 31.0. The van der Waals surface area contributed by atoms with Crippen LogP contribution in [-0.4, -0.2) is 75.9 Å². The number of rotatable bonds is 14.